The van der Waals surface area contributed by atoms with Crippen molar-refractivity contribution >= 4 is 5.82 Å². The Labute approximate surface area is 105 Å². The maximum atomic E-state index is 13.8. The van der Waals surface area contributed by atoms with E-state index in [1.54, 1.807) is 4.90 Å². The van der Waals surface area contributed by atoms with Gasteiger partial charge in [-0.2, -0.15) is 0 Å². The summed E-state index contributed by atoms with van der Waals surface area (Å²) in [5.41, 5.74) is 0. The molecule has 1 N–H and O–H groups in total. The molecule has 2 rings (SSSR count). The summed E-state index contributed by atoms with van der Waals surface area (Å²) in [6, 6.07) is 1.04. The maximum absolute atomic E-state index is 13.8. The number of aliphatic hydroxyl groups excluding tert-OH is 1. The molecule has 0 aliphatic heterocycles. The lowest BCUT2D eigenvalue weighted by Crippen LogP contribution is -2.40. The Hall–Kier alpha value is -1.23. The fourth-order valence-corrected chi connectivity index (χ4v) is 2.58. The van der Waals surface area contributed by atoms with Crippen LogP contribution in [0.25, 0.3) is 0 Å². The molecular weight excluding hydrogens is 238 g/mol. The molecule has 0 spiro atoms. The topological polar surface area (TPSA) is 36.4 Å². The minimum atomic E-state index is -0.677. The highest BCUT2D eigenvalue weighted by Crippen LogP contribution is 2.27. The highest BCUT2D eigenvalue weighted by atomic mass is 19.1. The summed E-state index contributed by atoms with van der Waals surface area (Å²) in [6.45, 7) is 0.273. The van der Waals surface area contributed by atoms with Crippen molar-refractivity contribution in [2.24, 2.45) is 0 Å². The smallest absolute Gasteiger partial charge is 0.168 e. The first-order valence-electron chi connectivity index (χ1n) is 6.41. The lowest BCUT2D eigenvalue weighted by atomic mass is 9.94. The Morgan fingerprint density at radius 2 is 2.00 bits per heavy atom. The van der Waals surface area contributed by atoms with Crippen molar-refractivity contribution in [2.45, 2.75) is 38.1 Å². The number of hydrogen-bond acceptors (Lipinski definition) is 3. The number of nitrogens with zero attached hydrogens (tertiary/aromatic N) is 2. The van der Waals surface area contributed by atoms with E-state index in [0.717, 1.165) is 37.9 Å². The molecule has 0 amide bonds. The van der Waals surface area contributed by atoms with Gasteiger partial charge in [-0.25, -0.2) is 13.8 Å². The van der Waals surface area contributed by atoms with Crippen LogP contribution in [-0.4, -0.2) is 29.3 Å². The first kappa shape index (κ1) is 13.2. The number of pyridine rings is 1. The number of anilines is 1. The molecule has 1 heterocycles. The summed E-state index contributed by atoms with van der Waals surface area (Å²) in [6.07, 6.45) is 6.37. The molecule has 0 atom stereocenters. The SMILES string of the molecule is OCCN(c1ncc(F)cc1F)C1CCCCC1. The molecule has 0 unspecified atom stereocenters. The summed E-state index contributed by atoms with van der Waals surface area (Å²) in [4.78, 5) is 5.61. The predicted octanol–water partition coefficient (Wildman–Crippen LogP) is 2.49. The summed E-state index contributed by atoms with van der Waals surface area (Å²) < 4.78 is 26.6. The number of hydrogen-bond donors (Lipinski definition) is 1. The zero-order valence-corrected chi connectivity index (χ0v) is 10.3. The lowest BCUT2D eigenvalue weighted by Gasteiger charge is -2.35. The third-order valence-electron chi connectivity index (χ3n) is 3.42. The highest BCUT2D eigenvalue weighted by molar-refractivity contribution is 5.41. The molecule has 0 bridgehead atoms. The van der Waals surface area contributed by atoms with Gasteiger partial charge >= 0.3 is 0 Å². The van der Waals surface area contributed by atoms with Crippen LogP contribution in [0.1, 0.15) is 32.1 Å². The van der Waals surface area contributed by atoms with E-state index in [0.29, 0.717) is 6.54 Å². The van der Waals surface area contributed by atoms with E-state index in [-0.39, 0.29) is 18.5 Å². The van der Waals surface area contributed by atoms with Crippen LogP contribution < -0.4 is 4.90 Å². The van der Waals surface area contributed by atoms with E-state index in [4.69, 9.17) is 5.11 Å². The summed E-state index contributed by atoms with van der Waals surface area (Å²) in [5, 5.41) is 9.11. The van der Waals surface area contributed by atoms with E-state index in [1.165, 1.54) is 6.42 Å². The third kappa shape index (κ3) is 2.96. The zero-order valence-electron chi connectivity index (χ0n) is 10.3. The first-order chi connectivity index (χ1) is 8.72. The van der Waals surface area contributed by atoms with Crippen LogP contribution in [-0.2, 0) is 0 Å². The monoisotopic (exact) mass is 256 g/mol. The molecule has 3 nitrogen and oxygen atoms in total. The van der Waals surface area contributed by atoms with E-state index < -0.39 is 11.6 Å². The molecule has 1 aromatic heterocycles. The van der Waals surface area contributed by atoms with Gasteiger partial charge in [0.05, 0.1) is 12.8 Å². The van der Waals surface area contributed by atoms with Gasteiger partial charge in [-0.3, -0.25) is 0 Å². The Kier molecular flexibility index (Phi) is 4.47. The lowest BCUT2D eigenvalue weighted by molar-refractivity contribution is 0.288. The Morgan fingerprint density at radius 3 is 2.61 bits per heavy atom. The molecule has 18 heavy (non-hydrogen) atoms. The molecule has 1 aliphatic rings. The number of aromatic nitrogens is 1. The standard InChI is InChI=1S/C13H18F2N2O/c14-10-8-12(15)13(16-9-10)17(6-7-18)11-4-2-1-3-5-11/h8-9,11,18H,1-7H2. The van der Waals surface area contributed by atoms with Crippen molar-refractivity contribution in [1.82, 2.24) is 4.98 Å². The van der Waals surface area contributed by atoms with Crippen LogP contribution in [0.2, 0.25) is 0 Å². The van der Waals surface area contributed by atoms with Crippen LogP contribution in [0.4, 0.5) is 14.6 Å². The predicted molar refractivity (Wildman–Crippen MR) is 65.5 cm³/mol. The molecule has 1 saturated carbocycles. The quantitative estimate of drug-likeness (QED) is 0.899. The van der Waals surface area contributed by atoms with Crippen molar-refractivity contribution in [3.63, 3.8) is 0 Å². The largest absolute Gasteiger partial charge is 0.395 e. The van der Waals surface area contributed by atoms with Crippen LogP contribution in [0.3, 0.4) is 0 Å². The van der Waals surface area contributed by atoms with Gasteiger partial charge in [-0.15, -0.1) is 0 Å². The Morgan fingerprint density at radius 1 is 1.28 bits per heavy atom. The van der Waals surface area contributed by atoms with Crippen molar-refractivity contribution in [3.05, 3.63) is 23.9 Å². The number of aliphatic hydroxyl groups is 1. The summed E-state index contributed by atoms with van der Waals surface area (Å²) >= 11 is 0. The first-order valence-corrected chi connectivity index (χ1v) is 6.41. The second kappa shape index (κ2) is 6.09. The fourth-order valence-electron chi connectivity index (χ4n) is 2.58. The van der Waals surface area contributed by atoms with E-state index in [1.807, 2.05) is 0 Å². The van der Waals surface area contributed by atoms with Gasteiger partial charge in [-0.05, 0) is 12.8 Å². The molecule has 100 valence electrons. The maximum Gasteiger partial charge on any atom is 0.168 e. The van der Waals surface area contributed by atoms with Gasteiger partial charge < -0.3 is 10.0 Å². The molecule has 0 saturated heterocycles. The van der Waals surface area contributed by atoms with Crippen molar-refractivity contribution < 1.29 is 13.9 Å². The van der Waals surface area contributed by atoms with Crippen molar-refractivity contribution in [2.75, 3.05) is 18.1 Å². The van der Waals surface area contributed by atoms with Gasteiger partial charge in [-0.1, -0.05) is 19.3 Å². The van der Waals surface area contributed by atoms with Gasteiger partial charge in [0.1, 0.15) is 5.82 Å². The van der Waals surface area contributed by atoms with Crippen LogP contribution in [0, 0.1) is 11.6 Å². The van der Waals surface area contributed by atoms with Crippen LogP contribution in [0.5, 0.6) is 0 Å². The minimum absolute atomic E-state index is 0.0605. The third-order valence-corrected chi connectivity index (χ3v) is 3.42. The average molecular weight is 256 g/mol. The molecule has 0 radical (unpaired) electrons. The summed E-state index contributed by atoms with van der Waals surface area (Å²) in [5.74, 6) is -1.18. The van der Waals surface area contributed by atoms with Crippen molar-refractivity contribution in [3.8, 4) is 0 Å². The molecule has 1 aliphatic carbocycles. The number of halogens is 2. The summed E-state index contributed by atoms with van der Waals surface area (Å²) in [7, 11) is 0. The Balaban J connectivity index is 2.22. The minimum Gasteiger partial charge on any atom is -0.395 e. The highest BCUT2D eigenvalue weighted by Gasteiger charge is 2.24. The second-order valence-corrected chi connectivity index (χ2v) is 4.67. The zero-order chi connectivity index (χ0) is 13.0. The van der Waals surface area contributed by atoms with E-state index in [2.05, 4.69) is 4.98 Å². The molecule has 1 fully saturated rings. The second-order valence-electron chi connectivity index (χ2n) is 4.67. The molecule has 0 aromatic carbocycles. The van der Waals surface area contributed by atoms with Gasteiger partial charge in [0.15, 0.2) is 11.6 Å². The normalized spacial score (nSPS) is 16.8. The fraction of sp³-hybridized carbons (Fsp3) is 0.615. The van der Waals surface area contributed by atoms with Crippen LogP contribution in [0.15, 0.2) is 12.3 Å². The Bertz CT molecular complexity index is 395. The van der Waals surface area contributed by atoms with E-state index in [9.17, 15) is 8.78 Å². The molecule has 1 aromatic rings. The van der Waals surface area contributed by atoms with Gasteiger partial charge in [0.2, 0.25) is 0 Å². The molecule has 5 heteroatoms. The average Bonchev–Trinajstić information content (AvgIpc) is 2.38. The van der Waals surface area contributed by atoms with Crippen LogP contribution >= 0.6 is 0 Å². The number of rotatable bonds is 4. The van der Waals surface area contributed by atoms with E-state index >= 15 is 0 Å². The molecular formula is C13H18F2N2O. The van der Waals surface area contributed by atoms with Gasteiger partial charge in [0, 0.05) is 18.7 Å². The van der Waals surface area contributed by atoms with Crippen molar-refractivity contribution in [1.29, 1.82) is 0 Å². The van der Waals surface area contributed by atoms with Gasteiger partial charge in [0.25, 0.3) is 0 Å².